The first-order valence-electron chi connectivity index (χ1n) is 13.0. The number of hydrogen-bond acceptors (Lipinski definition) is 5. The van der Waals surface area contributed by atoms with Crippen molar-refractivity contribution in [3.8, 4) is 11.4 Å². The zero-order valence-electron chi connectivity index (χ0n) is 20.9. The SMILES string of the molecule is CC(=O)NCc1nn(-c2cccc(OC(F)(F)F)c2)c(C2CC2)c1C(=O)N1CCC(N2CCCC2)CC1. The Kier molecular flexibility index (Phi) is 7.15. The molecule has 8 nitrogen and oxygen atoms in total. The van der Waals surface area contributed by atoms with Crippen molar-refractivity contribution in [2.75, 3.05) is 26.2 Å². The molecule has 2 aliphatic heterocycles. The monoisotopic (exact) mass is 519 g/mol. The van der Waals surface area contributed by atoms with E-state index in [-0.39, 0.29) is 30.0 Å². The van der Waals surface area contributed by atoms with Gasteiger partial charge in [-0.15, -0.1) is 13.2 Å². The van der Waals surface area contributed by atoms with Gasteiger partial charge >= 0.3 is 6.36 Å². The number of benzene rings is 1. The van der Waals surface area contributed by atoms with E-state index in [9.17, 15) is 22.8 Å². The Morgan fingerprint density at radius 1 is 1.08 bits per heavy atom. The lowest BCUT2D eigenvalue weighted by Gasteiger charge is -2.36. The fraction of sp³-hybridized carbons (Fsp3) is 0.577. The van der Waals surface area contributed by atoms with Gasteiger partial charge in [0.05, 0.1) is 29.2 Å². The maximum Gasteiger partial charge on any atom is 0.573 e. The highest BCUT2D eigenvalue weighted by molar-refractivity contribution is 5.97. The van der Waals surface area contributed by atoms with Gasteiger partial charge in [-0.25, -0.2) is 4.68 Å². The topological polar surface area (TPSA) is 79.7 Å². The van der Waals surface area contributed by atoms with Crippen molar-refractivity contribution < 1.29 is 27.5 Å². The van der Waals surface area contributed by atoms with Crippen LogP contribution in [0.2, 0.25) is 0 Å². The highest BCUT2D eigenvalue weighted by Crippen LogP contribution is 2.44. The van der Waals surface area contributed by atoms with Crippen molar-refractivity contribution in [3.63, 3.8) is 0 Å². The Morgan fingerprint density at radius 3 is 2.41 bits per heavy atom. The second-order valence-electron chi connectivity index (χ2n) is 10.1. The molecule has 2 saturated heterocycles. The fourth-order valence-corrected chi connectivity index (χ4v) is 5.49. The zero-order chi connectivity index (χ0) is 26.2. The van der Waals surface area contributed by atoms with Crippen molar-refractivity contribution >= 4 is 11.8 Å². The number of alkyl halides is 3. The predicted molar refractivity (Wildman–Crippen MR) is 129 cm³/mol. The summed E-state index contributed by atoms with van der Waals surface area (Å²) < 4.78 is 44.2. The molecule has 1 aromatic carbocycles. The van der Waals surface area contributed by atoms with E-state index in [1.807, 2.05) is 4.90 Å². The van der Waals surface area contributed by atoms with Gasteiger partial charge in [0.1, 0.15) is 5.75 Å². The molecule has 1 saturated carbocycles. The van der Waals surface area contributed by atoms with Crippen LogP contribution in [-0.2, 0) is 11.3 Å². The number of piperidine rings is 1. The molecule has 0 unspecified atom stereocenters. The Hall–Kier alpha value is -3.08. The van der Waals surface area contributed by atoms with Gasteiger partial charge in [0, 0.05) is 38.0 Å². The van der Waals surface area contributed by atoms with Crippen LogP contribution in [0, 0.1) is 0 Å². The van der Waals surface area contributed by atoms with Gasteiger partial charge in [0.2, 0.25) is 5.91 Å². The number of rotatable bonds is 7. The number of aromatic nitrogens is 2. The standard InChI is InChI=1S/C26H32F3N5O3/c1-17(35)30-16-22-23(25(36)33-13-9-19(10-14-33)32-11-2-3-12-32)24(18-7-8-18)34(31-22)20-5-4-6-21(15-20)37-26(27,28)29/h4-6,15,18-19H,2-3,7-14,16H2,1H3,(H,30,35). The molecule has 3 heterocycles. The lowest BCUT2D eigenvalue weighted by atomic mass is 10.0. The average molecular weight is 520 g/mol. The van der Waals surface area contributed by atoms with Gasteiger partial charge in [-0.3, -0.25) is 9.59 Å². The first-order chi connectivity index (χ1) is 17.7. The van der Waals surface area contributed by atoms with Gasteiger partial charge < -0.3 is 19.9 Å². The van der Waals surface area contributed by atoms with Crippen LogP contribution in [0.25, 0.3) is 5.69 Å². The number of carbonyl (C=O) groups is 2. The van der Waals surface area contributed by atoms with Crippen LogP contribution in [0.1, 0.15) is 73.1 Å². The van der Waals surface area contributed by atoms with Gasteiger partial charge in [0.25, 0.3) is 5.91 Å². The molecule has 1 aliphatic carbocycles. The molecule has 0 atom stereocenters. The summed E-state index contributed by atoms with van der Waals surface area (Å²) in [4.78, 5) is 30.0. The maximum atomic E-state index is 13.9. The molecule has 0 radical (unpaired) electrons. The Balaban J connectivity index is 1.46. The smallest absolute Gasteiger partial charge is 0.406 e. The van der Waals surface area contributed by atoms with Crippen molar-refractivity contribution in [1.82, 2.24) is 24.9 Å². The van der Waals surface area contributed by atoms with Gasteiger partial charge in [-0.05, 0) is 63.7 Å². The minimum Gasteiger partial charge on any atom is -0.406 e. The number of nitrogens with zero attached hydrogens (tertiary/aromatic N) is 4. The van der Waals surface area contributed by atoms with Crippen LogP contribution in [-0.4, -0.2) is 70.0 Å². The van der Waals surface area contributed by atoms with E-state index in [0.717, 1.165) is 38.8 Å². The van der Waals surface area contributed by atoms with Crippen molar-refractivity contribution in [2.24, 2.45) is 0 Å². The third-order valence-electron chi connectivity index (χ3n) is 7.38. The number of hydrogen-bond donors (Lipinski definition) is 1. The molecule has 11 heteroatoms. The molecule has 1 N–H and O–H groups in total. The van der Waals surface area contributed by atoms with E-state index in [4.69, 9.17) is 0 Å². The summed E-state index contributed by atoms with van der Waals surface area (Å²) in [5.74, 6) is -0.668. The van der Waals surface area contributed by atoms with Crippen LogP contribution in [0.5, 0.6) is 5.75 Å². The molecule has 2 aromatic rings. The number of nitrogens with one attached hydrogen (secondary N) is 1. The normalized spacial score (nSPS) is 19.3. The number of halogens is 3. The highest BCUT2D eigenvalue weighted by Gasteiger charge is 2.38. The second kappa shape index (κ2) is 10.4. The Labute approximate surface area is 213 Å². The van der Waals surface area contributed by atoms with Crippen molar-refractivity contribution in [3.05, 3.63) is 41.2 Å². The molecule has 37 heavy (non-hydrogen) atoms. The lowest BCUT2D eigenvalue weighted by Crippen LogP contribution is -2.46. The molecule has 0 spiro atoms. The van der Waals surface area contributed by atoms with Crippen LogP contribution in [0.4, 0.5) is 13.2 Å². The Bertz CT molecular complexity index is 1150. The maximum absolute atomic E-state index is 13.9. The third kappa shape index (κ3) is 5.92. The average Bonchev–Trinajstić information content (AvgIpc) is 3.39. The molecule has 5 rings (SSSR count). The third-order valence-corrected chi connectivity index (χ3v) is 7.38. The molecule has 3 fully saturated rings. The zero-order valence-corrected chi connectivity index (χ0v) is 20.9. The first-order valence-corrected chi connectivity index (χ1v) is 13.0. The molecular formula is C26H32F3N5O3. The quantitative estimate of drug-likeness (QED) is 0.599. The summed E-state index contributed by atoms with van der Waals surface area (Å²) >= 11 is 0. The van der Waals surface area contributed by atoms with Crippen LogP contribution in [0.15, 0.2) is 24.3 Å². The minimum absolute atomic E-state index is 0.0616. The summed E-state index contributed by atoms with van der Waals surface area (Å²) in [6, 6.07) is 6.09. The molecule has 3 aliphatic rings. The highest BCUT2D eigenvalue weighted by atomic mass is 19.4. The fourth-order valence-electron chi connectivity index (χ4n) is 5.49. The van der Waals surface area contributed by atoms with E-state index in [1.165, 1.54) is 38.0 Å². The Morgan fingerprint density at radius 2 is 1.78 bits per heavy atom. The van der Waals surface area contributed by atoms with E-state index < -0.39 is 6.36 Å². The summed E-state index contributed by atoms with van der Waals surface area (Å²) in [6.07, 6.45) is 1.19. The van der Waals surface area contributed by atoms with Crippen LogP contribution < -0.4 is 10.1 Å². The number of amides is 2. The summed E-state index contributed by atoms with van der Waals surface area (Å²) in [5, 5.41) is 7.39. The number of likely N-dealkylation sites (tertiary alicyclic amines) is 2. The van der Waals surface area contributed by atoms with Gasteiger partial charge in [-0.2, -0.15) is 5.10 Å². The predicted octanol–water partition coefficient (Wildman–Crippen LogP) is 3.98. The van der Waals surface area contributed by atoms with Crippen molar-refractivity contribution in [1.29, 1.82) is 0 Å². The largest absolute Gasteiger partial charge is 0.573 e. The number of carbonyl (C=O) groups excluding carboxylic acids is 2. The first kappa shape index (κ1) is 25.6. The van der Waals surface area contributed by atoms with Crippen molar-refractivity contribution in [2.45, 2.75) is 70.3 Å². The number of ether oxygens (including phenoxy) is 1. The van der Waals surface area contributed by atoms with Crippen LogP contribution in [0.3, 0.4) is 0 Å². The molecule has 2 amide bonds. The summed E-state index contributed by atoms with van der Waals surface area (Å²) in [7, 11) is 0. The lowest BCUT2D eigenvalue weighted by molar-refractivity contribution is -0.274. The van der Waals surface area contributed by atoms with E-state index in [2.05, 4.69) is 20.1 Å². The van der Waals surface area contributed by atoms with E-state index in [1.54, 1.807) is 10.7 Å². The van der Waals surface area contributed by atoms with E-state index in [0.29, 0.717) is 41.8 Å². The molecule has 200 valence electrons. The van der Waals surface area contributed by atoms with Crippen LogP contribution >= 0.6 is 0 Å². The molecular weight excluding hydrogens is 487 g/mol. The molecule has 1 aromatic heterocycles. The summed E-state index contributed by atoms with van der Waals surface area (Å²) in [5.41, 5.74) is 1.94. The molecule has 0 bridgehead atoms. The van der Waals surface area contributed by atoms with E-state index >= 15 is 0 Å². The van der Waals surface area contributed by atoms with Gasteiger partial charge in [0.15, 0.2) is 0 Å². The second-order valence-corrected chi connectivity index (χ2v) is 10.1. The summed E-state index contributed by atoms with van der Waals surface area (Å²) in [6.45, 7) is 4.98. The minimum atomic E-state index is -4.82. The van der Waals surface area contributed by atoms with Gasteiger partial charge in [-0.1, -0.05) is 6.07 Å².